The van der Waals surface area contributed by atoms with Gasteiger partial charge in [-0.3, -0.25) is 10.1 Å². The number of benzene rings is 1. The molecule has 0 aliphatic rings. The van der Waals surface area contributed by atoms with Crippen LogP contribution in [0.4, 0.5) is 5.69 Å². The van der Waals surface area contributed by atoms with E-state index in [9.17, 15) is 15.3 Å². The van der Waals surface area contributed by atoms with Crippen LogP contribution in [0.2, 0.25) is 0 Å². The molecule has 104 valence electrons. The number of aromatic nitrogens is 1. The normalized spacial score (nSPS) is 10.2. The first kappa shape index (κ1) is 14.1. The van der Waals surface area contributed by atoms with Crippen molar-refractivity contribution in [3.8, 4) is 5.75 Å². The van der Waals surface area contributed by atoms with Gasteiger partial charge in [0.05, 0.1) is 11.5 Å². The third-order valence-electron chi connectivity index (χ3n) is 2.44. The number of rotatable bonds is 6. The molecule has 0 spiro atoms. The Kier molecular flexibility index (Phi) is 4.78. The highest BCUT2D eigenvalue weighted by atomic mass is 32.2. The van der Waals surface area contributed by atoms with Crippen LogP contribution >= 0.6 is 11.8 Å². The van der Waals surface area contributed by atoms with Crippen LogP contribution in [0.25, 0.3) is 0 Å². The average Bonchev–Trinajstić information content (AvgIpc) is 2.45. The maximum absolute atomic E-state index is 11.4. The van der Waals surface area contributed by atoms with Gasteiger partial charge in [-0.1, -0.05) is 23.9 Å². The molecule has 1 aromatic carbocycles. The Morgan fingerprint density at radius 1 is 1.20 bits per heavy atom. The molecular formula is C13H12N2O4S. The molecule has 2 rings (SSSR count). The van der Waals surface area contributed by atoms with Gasteiger partial charge in [0.2, 0.25) is 0 Å². The summed E-state index contributed by atoms with van der Waals surface area (Å²) in [6.07, 6.45) is 1.42. The van der Waals surface area contributed by atoms with Crippen LogP contribution in [0.5, 0.6) is 5.75 Å². The molecule has 0 unspecified atom stereocenters. The largest absolute Gasteiger partial charge is 0.618 e. The van der Waals surface area contributed by atoms with Crippen molar-refractivity contribution in [3.63, 3.8) is 0 Å². The van der Waals surface area contributed by atoms with Gasteiger partial charge in [-0.15, -0.1) is 0 Å². The molecule has 1 aromatic heterocycles. The summed E-state index contributed by atoms with van der Waals surface area (Å²) < 4.78 is 6.16. The quantitative estimate of drug-likeness (QED) is 0.204. The van der Waals surface area contributed by atoms with Crippen LogP contribution < -0.4 is 9.47 Å². The van der Waals surface area contributed by atoms with E-state index >= 15 is 0 Å². The number of thioether (sulfide) groups is 1. The van der Waals surface area contributed by atoms with E-state index in [2.05, 4.69) is 0 Å². The van der Waals surface area contributed by atoms with Gasteiger partial charge in [0.1, 0.15) is 0 Å². The summed E-state index contributed by atoms with van der Waals surface area (Å²) in [6.45, 7) is 0.282. The van der Waals surface area contributed by atoms with Gasteiger partial charge in [0, 0.05) is 24.0 Å². The van der Waals surface area contributed by atoms with Crippen LogP contribution in [0, 0.1) is 15.3 Å². The molecule has 0 saturated carbocycles. The molecule has 0 aliphatic heterocycles. The first-order valence-electron chi connectivity index (χ1n) is 5.85. The molecule has 0 amide bonds. The van der Waals surface area contributed by atoms with Gasteiger partial charge >= 0.3 is 5.69 Å². The maximum atomic E-state index is 11.4. The van der Waals surface area contributed by atoms with Crippen LogP contribution in [-0.4, -0.2) is 17.3 Å². The summed E-state index contributed by atoms with van der Waals surface area (Å²) in [6, 6.07) is 11.4. The molecule has 2 aromatic rings. The van der Waals surface area contributed by atoms with Crippen molar-refractivity contribution in [2.45, 2.75) is 5.03 Å². The van der Waals surface area contributed by atoms with E-state index in [1.165, 1.54) is 24.0 Å². The molecule has 7 heteroatoms. The molecule has 1 heterocycles. The lowest BCUT2D eigenvalue weighted by Crippen LogP contribution is -2.27. The monoisotopic (exact) mass is 292 g/mol. The standard InChI is InChI=1S/C13H12N2O4S/c16-14-8-4-3-7-13(14)20-10-9-19-12-6-2-1-5-11(12)15(17)18/h1-8H,9-10H2. The van der Waals surface area contributed by atoms with Crippen molar-refractivity contribution in [1.82, 2.24) is 0 Å². The number of hydrogen-bond acceptors (Lipinski definition) is 5. The van der Waals surface area contributed by atoms with Crippen molar-refractivity contribution in [1.29, 1.82) is 0 Å². The lowest BCUT2D eigenvalue weighted by molar-refractivity contribution is -0.645. The minimum Gasteiger partial charge on any atom is -0.618 e. The summed E-state index contributed by atoms with van der Waals surface area (Å²) in [5, 5.41) is 22.8. The van der Waals surface area contributed by atoms with E-state index in [-0.39, 0.29) is 18.0 Å². The molecule has 0 atom stereocenters. The van der Waals surface area contributed by atoms with E-state index < -0.39 is 4.92 Å². The molecule has 0 radical (unpaired) electrons. The molecule has 0 N–H and O–H groups in total. The summed E-state index contributed by atoms with van der Waals surface area (Å²) in [7, 11) is 0. The zero-order valence-corrected chi connectivity index (χ0v) is 11.3. The molecule has 0 aliphatic carbocycles. The number of hydrogen-bond donors (Lipinski definition) is 0. The average molecular weight is 292 g/mol. The Morgan fingerprint density at radius 3 is 2.70 bits per heavy atom. The van der Waals surface area contributed by atoms with Gasteiger partial charge in [0.15, 0.2) is 11.9 Å². The Labute approximate surface area is 119 Å². The first-order valence-corrected chi connectivity index (χ1v) is 6.84. The minimum atomic E-state index is -0.481. The molecule has 0 bridgehead atoms. The topological polar surface area (TPSA) is 79.3 Å². The third kappa shape index (κ3) is 3.61. The molecule has 6 nitrogen and oxygen atoms in total. The number of pyridine rings is 1. The van der Waals surface area contributed by atoms with Crippen molar-refractivity contribution in [2.24, 2.45) is 0 Å². The molecule has 0 saturated heterocycles. The van der Waals surface area contributed by atoms with Crippen molar-refractivity contribution < 1.29 is 14.4 Å². The fourth-order valence-electron chi connectivity index (χ4n) is 1.55. The Balaban J connectivity index is 1.88. The van der Waals surface area contributed by atoms with Crippen LogP contribution in [0.15, 0.2) is 53.7 Å². The fraction of sp³-hybridized carbons (Fsp3) is 0.154. The van der Waals surface area contributed by atoms with E-state index in [0.29, 0.717) is 10.8 Å². The highest BCUT2D eigenvalue weighted by Crippen LogP contribution is 2.26. The Morgan fingerprint density at radius 2 is 1.95 bits per heavy atom. The smallest absolute Gasteiger partial charge is 0.310 e. The summed E-state index contributed by atoms with van der Waals surface area (Å²) >= 11 is 1.34. The zero-order valence-electron chi connectivity index (χ0n) is 10.5. The molecule has 0 fully saturated rings. The van der Waals surface area contributed by atoms with E-state index in [1.54, 1.807) is 36.4 Å². The predicted octanol–water partition coefficient (Wildman–Crippen LogP) is 2.40. The van der Waals surface area contributed by atoms with Gasteiger partial charge in [-0.05, 0) is 12.1 Å². The van der Waals surface area contributed by atoms with Crippen molar-refractivity contribution in [2.75, 3.05) is 12.4 Å². The maximum Gasteiger partial charge on any atom is 0.310 e. The van der Waals surface area contributed by atoms with Gasteiger partial charge in [-0.2, -0.15) is 4.73 Å². The highest BCUT2D eigenvalue weighted by molar-refractivity contribution is 7.99. The van der Waals surface area contributed by atoms with Crippen molar-refractivity contribution in [3.05, 3.63) is 64.0 Å². The number of nitro groups is 1. The van der Waals surface area contributed by atoms with Gasteiger partial charge < -0.3 is 9.94 Å². The van der Waals surface area contributed by atoms with Crippen LogP contribution in [0.1, 0.15) is 0 Å². The second-order valence-electron chi connectivity index (χ2n) is 3.79. The second kappa shape index (κ2) is 6.76. The summed E-state index contributed by atoms with van der Waals surface area (Å²) in [5.41, 5.74) is -0.0592. The molecular weight excluding hydrogens is 280 g/mol. The van der Waals surface area contributed by atoms with Crippen LogP contribution in [-0.2, 0) is 0 Å². The van der Waals surface area contributed by atoms with E-state index in [1.807, 2.05) is 0 Å². The van der Waals surface area contributed by atoms with E-state index in [0.717, 1.165) is 4.73 Å². The second-order valence-corrected chi connectivity index (χ2v) is 4.90. The minimum absolute atomic E-state index is 0.0592. The lowest BCUT2D eigenvalue weighted by Gasteiger charge is -2.06. The van der Waals surface area contributed by atoms with Crippen LogP contribution in [0.3, 0.4) is 0 Å². The third-order valence-corrected chi connectivity index (χ3v) is 3.42. The van der Waals surface area contributed by atoms with Gasteiger partial charge in [0.25, 0.3) is 5.03 Å². The summed E-state index contributed by atoms with van der Waals surface area (Å²) in [5.74, 6) is 0.763. The van der Waals surface area contributed by atoms with E-state index in [4.69, 9.17) is 4.74 Å². The lowest BCUT2D eigenvalue weighted by atomic mass is 10.3. The van der Waals surface area contributed by atoms with Gasteiger partial charge in [-0.25, -0.2) is 0 Å². The number of nitro benzene ring substituents is 1. The fourth-order valence-corrected chi connectivity index (χ4v) is 2.29. The van der Waals surface area contributed by atoms with Crippen molar-refractivity contribution >= 4 is 17.4 Å². The highest BCUT2D eigenvalue weighted by Gasteiger charge is 2.13. The predicted molar refractivity (Wildman–Crippen MR) is 74.7 cm³/mol. The number of ether oxygens (including phenoxy) is 1. The number of nitrogens with zero attached hydrogens (tertiary/aromatic N) is 2. The first-order chi connectivity index (χ1) is 9.68. The zero-order chi connectivity index (χ0) is 14.4. The number of para-hydroxylation sites is 2. The molecule has 20 heavy (non-hydrogen) atoms. The SMILES string of the molecule is O=[N+]([O-])c1ccccc1OCCSc1cccc[n+]1[O-]. The summed E-state index contributed by atoms with van der Waals surface area (Å²) in [4.78, 5) is 10.3. The Hall–Kier alpha value is -2.28. The Bertz CT molecular complexity index is 606.